The van der Waals surface area contributed by atoms with E-state index in [0.29, 0.717) is 17.0 Å². The smallest absolute Gasteiger partial charge is 0.137 e. The van der Waals surface area contributed by atoms with E-state index in [0.717, 1.165) is 37.5 Å². The molecule has 3 aromatic rings. The van der Waals surface area contributed by atoms with Gasteiger partial charge in [0, 0.05) is 15.9 Å². The lowest BCUT2D eigenvalue weighted by Crippen LogP contribution is -2.37. The fourth-order valence-corrected chi connectivity index (χ4v) is 6.55. The highest BCUT2D eigenvalue weighted by Crippen LogP contribution is 2.55. The first-order chi connectivity index (χ1) is 16.7. The summed E-state index contributed by atoms with van der Waals surface area (Å²) in [4.78, 5) is 2.87. The highest BCUT2D eigenvalue weighted by molar-refractivity contribution is 8.06. The van der Waals surface area contributed by atoms with Gasteiger partial charge in [-0.15, -0.1) is 0 Å². The molecule has 0 amide bonds. The van der Waals surface area contributed by atoms with Crippen molar-refractivity contribution in [2.45, 2.75) is 10.8 Å². The number of para-hydroxylation sites is 1. The van der Waals surface area contributed by atoms with Crippen LogP contribution in [0, 0.1) is 22.6 Å². The molecule has 6 rings (SSSR count). The number of nitrogens with zero attached hydrogens (tertiary/aromatic N) is 2. The predicted octanol–water partition coefficient (Wildman–Crippen LogP) is 6.79. The number of anilines is 1. The van der Waals surface area contributed by atoms with Crippen LogP contribution in [0.25, 0.3) is 5.70 Å². The number of thioether (sulfide) groups is 2. The second-order valence-electron chi connectivity index (χ2n) is 7.95. The third kappa shape index (κ3) is 3.26. The van der Waals surface area contributed by atoms with Crippen LogP contribution in [0.4, 0.5) is 10.1 Å². The van der Waals surface area contributed by atoms with Crippen molar-refractivity contribution in [3.05, 3.63) is 122 Å². The zero-order chi connectivity index (χ0) is 23.2. The molecular formula is C27H17FN4S2. The van der Waals surface area contributed by atoms with Gasteiger partial charge in [-0.1, -0.05) is 78.1 Å². The summed E-state index contributed by atoms with van der Waals surface area (Å²) in [5, 5.41) is 26.7. The van der Waals surface area contributed by atoms with Gasteiger partial charge in [-0.25, -0.2) is 4.39 Å². The van der Waals surface area contributed by atoms with Gasteiger partial charge in [0.1, 0.15) is 16.7 Å². The molecule has 0 saturated heterocycles. The Morgan fingerprint density at radius 3 is 2.47 bits per heavy atom. The Hall–Kier alpha value is -3.73. The Morgan fingerprint density at radius 2 is 1.71 bits per heavy atom. The van der Waals surface area contributed by atoms with E-state index in [2.05, 4.69) is 11.4 Å². The average molecular weight is 481 g/mol. The summed E-state index contributed by atoms with van der Waals surface area (Å²) in [5.41, 5.74) is 4.94. The minimum absolute atomic E-state index is 0.318. The van der Waals surface area contributed by atoms with Gasteiger partial charge >= 0.3 is 0 Å². The number of amidine groups is 1. The van der Waals surface area contributed by atoms with Crippen LogP contribution in [0.2, 0.25) is 0 Å². The summed E-state index contributed by atoms with van der Waals surface area (Å²) in [7, 11) is 0. The molecule has 0 aromatic heterocycles. The molecule has 3 heterocycles. The van der Waals surface area contributed by atoms with E-state index in [1.165, 1.54) is 35.7 Å². The SMILES string of the molecule is N#CC1=C2Sc3ccccc3N2C(=N)/C(=C2\NC(c3ccccc3)=CS2)C1c1ccc(F)cc1. The molecule has 7 heteroatoms. The highest BCUT2D eigenvalue weighted by atomic mass is 32.2. The minimum Gasteiger partial charge on any atom is -0.349 e. The van der Waals surface area contributed by atoms with Crippen molar-refractivity contribution >= 4 is 40.7 Å². The topological polar surface area (TPSA) is 62.9 Å². The number of nitrogens with one attached hydrogen (secondary N) is 2. The number of fused-ring (bicyclic) bond motifs is 3. The number of rotatable bonds is 2. The van der Waals surface area contributed by atoms with Gasteiger partial charge in [-0.05, 0) is 35.4 Å². The molecular weight excluding hydrogens is 463 g/mol. The maximum absolute atomic E-state index is 13.8. The zero-order valence-electron chi connectivity index (χ0n) is 17.7. The number of halogens is 1. The maximum atomic E-state index is 13.8. The fraction of sp³-hybridized carbons (Fsp3) is 0.0370. The first kappa shape index (κ1) is 20.8. The Bertz CT molecular complexity index is 1470. The van der Waals surface area contributed by atoms with E-state index in [9.17, 15) is 15.1 Å². The molecule has 2 N–H and O–H groups in total. The molecule has 3 aliphatic heterocycles. The second kappa shape index (κ2) is 8.24. The first-order valence-electron chi connectivity index (χ1n) is 10.6. The Kier molecular flexibility index (Phi) is 5.05. The molecule has 1 unspecified atom stereocenters. The van der Waals surface area contributed by atoms with Crippen LogP contribution in [0.1, 0.15) is 17.0 Å². The van der Waals surface area contributed by atoms with Gasteiger partial charge in [0.25, 0.3) is 0 Å². The normalized spacial score (nSPS) is 21.1. The Balaban J connectivity index is 1.54. The van der Waals surface area contributed by atoms with Crippen LogP contribution in [-0.2, 0) is 0 Å². The van der Waals surface area contributed by atoms with E-state index in [-0.39, 0.29) is 5.82 Å². The third-order valence-corrected chi connectivity index (χ3v) is 8.07. The van der Waals surface area contributed by atoms with Gasteiger partial charge in [-0.3, -0.25) is 10.3 Å². The van der Waals surface area contributed by atoms with Crippen molar-refractivity contribution < 1.29 is 4.39 Å². The second-order valence-corrected chi connectivity index (χ2v) is 9.86. The largest absolute Gasteiger partial charge is 0.349 e. The third-order valence-electron chi connectivity index (χ3n) is 6.00. The van der Waals surface area contributed by atoms with Crippen molar-refractivity contribution in [3.63, 3.8) is 0 Å². The van der Waals surface area contributed by atoms with Gasteiger partial charge in [0.2, 0.25) is 0 Å². The molecule has 164 valence electrons. The average Bonchev–Trinajstić information content (AvgIpc) is 3.50. The van der Waals surface area contributed by atoms with E-state index in [4.69, 9.17) is 0 Å². The van der Waals surface area contributed by atoms with Gasteiger partial charge in [-0.2, -0.15) is 5.26 Å². The van der Waals surface area contributed by atoms with E-state index >= 15 is 0 Å². The molecule has 0 saturated carbocycles. The van der Waals surface area contributed by atoms with Gasteiger partial charge in [0.05, 0.1) is 34.0 Å². The Morgan fingerprint density at radius 1 is 0.971 bits per heavy atom. The molecule has 0 bridgehead atoms. The first-order valence-corrected chi connectivity index (χ1v) is 12.3. The Labute approximate surface area is 205 Å². The summed E-state index contributed by atoms with van der Waals surface area (Å²) in [6.45, 7) is 0. The van der Waals surface area contributed by atoms with Crippen molar-refractivity contribution in [1.82, 2.24) is 5.32 Å². The number of nitriles is 1. The molecule has 3 aliphatic rings. The molecule has 0 radical (unpaired) electrons. The number of hydrogen-bond donors (Lipinski definition) is 2. The fourth-order valence-electron chi connectivity index (χ4n) is 4.44. The lowest BCUT2D eigenvalue weighted by atomic mass is 9.82. The molecule has 4 nitrogen and oxygen atoms in total. The van der Waals surface area contributed by atoms with Gasteiger partial charge in [0.15, 0.2) is 0 Å². The van der Waals surface area contributed by atoms with Crippen molar-refractivity contribution in [1.29, 1.82) is 10.7 Å². The van der Waals surface area contributed by atoms with Crippen LogP contribution < -0.4 is 10.2 Å². The molecule has 34 heavy (non-hydrogen) atoms. The van der Waals surface area contributed by atoms with Crippen molar-refractivity contribution in [2.24, 2.45) is 0 Å². The summed E-state index contributed by atoms with van der Waals surface area (Å²) < 4.78 is 13.8. The number of benzene rings is 3. The number of allylic oxidation sites excluding steroid dienone is 1. The molecule has 1 atom stereocenters. The quantitative estimate of drug-likeness (QED) is 0.423. The van der Waals surface area contributed by atoms with Crippen LogP contribution in [0.5, 0.6) is 0 Å². The molecule has 0 spiro atoms. The molecule has 0 fully saturated rings. The highest BCUT2D eigenvalue weighted by Gasteiger charge is 2.43. The van der Waals surface area contributed by atoms with E-state index in [1.807, 2.05) is 64.9 Å². The summed E-state index contributed by atoms with van der Waals surface area (Å²) >= 11 is 3.02. The van der Waals surface area contributed by atoms with E-state index < -0.39 is 5.92 Å². The van der Waals surface area contributed by atoms with Gasteiger partial charge < -0.3 is 5.32 Å². The molecule has 0 aliphatic carbocycles. The van der Waals surface area contributed by atoms with E-state index in [1.54, 1.807) is 12.1 Å². The lowest BCUT2D eigenvalue weighted by Gasteiger charge is -2.35. The summed E-state index contributed by atoms with van der Waals surface area (Å²) in [6, 6.07) is 26.5. The van der Waals surface area contributed by atoms with Crippen LogP contribution >= 0.6 is 23.5 Å². The predicted molar refractivity (Wildman–Crippen MR) is 136 cm³/mol. The monoisotopic (exact) mass is 480 g/mol. The maximum Gasteiger partial charge on any atom is 0.137 e. The van der Waals surface area contributed by atoms with Crippen LogP contribution in [0.15, 0.2) is 110 Å². The van der Waals surface area contributed by atoms with Crippen LogP contribution in [0.3, 0.4) is 0 Å². The lowest BCUT2D eigenvalue weighted by molar-refractivity contribution is 0.626. The minimum atomic E-state index is -0.482. The molecule has 3 aromatic carbocycles. The van der Waals surface area contributed by atoms with Crippen LogP contribution in [-0.4, -0.2) is 5.84 Å². The summed E-state index contributed by atoms with van der Waals surface area (Å²) in [5.74, 6) is -0.496. The standard InChI is InChI=1S/C27H17FN4S2/c28-18-12-10-17(11-13-18)23-19(14-29)27-32(21-8-4-5-9-22(21)34-27)25(30)24(23)26-31-20(15-33-26)16-6-2-1-3-7-16/h1-13,15,23,30-31H/b26-24+,30-25?. The summed E-state index contributed by atoms with van der Waals surface area (Å²) in [6.07, 6.45) is 0. The van der Waals surface area contributed by atoms with Crippen molar-refractivity contribution in [2.75, 3.05) is 4.90 Å². The van der Waals surface area contributed by atoms with Crippen molar-refractivity contribution in [3.8, 4) is 6.07 Å². The zero-order valence-corrected chi connectivity index (χ0v) is 19.4. The number of hydrogen-bond acceptors (Lipinski definition) is 5.